The molecule has 4 aromatic rings. The van der Waals surface area contributed by atoms with Gasteiger partial charge in [0.2, 0.25) is 0 Å². The Morgan fingerprint density at radius 2 is 1.88 bits per heavy atom. The summed E-state index contributed by atoms with van der Waals surface area (Å²) < 4.78 is 7.69. The van der Waals surface area contributed by atoms with E-state index in [0.29, 0.717) is 5.75 Å². The quantitative estimate of drug-likeness (QED) is 0.287. The summed E-state index contributed by atoms with van der Waals surface area (Å²) in [5.74, 6) is 0.324. The van der Waals surface area contributed by atoms with Crippen molar-refractivity contribution in [2.24, 2.45) is 0 Å². The molecule has 0 fully saturated rings. The second kappa shape index (κ2) is 10.4. The van der Waals surface area contributed by atoms with E-state index in [0.717, 1.165) is 43.8 Å². The van der Waals surface area contributed by atoms with Crippen LogP contribution in [0.4, 0.5) is 5.69 Å². The summed E-state index contributed by atoms with van der Waals surface area (Å²) >= 11 is 10.5. The Morgan fingerprint density at radius 3 is 2.61 bits per heavy atom. The van der Waals surface area contributed by atoms with Gasteiger partial charge in [0.15, 0.2) is 11.7 Å². The minimum absolute atomic E-state index is 0.134. The van der Waals surface area contributed by atoms with Crippen molar-refractivity contribution in [1.29, 1.82) is 0 Å². The fourth-order valence-electron chi connectivity index (χ4n) is 3.42. The Kier molecular flexibility index (Phi) is 7.37. The van der Waals surface area contributed by atoms with Crippen molar-refractivity contribution in [3.8, 4) is 5.75 Å². The van der Waals surface area contributed by atoms with Crippen LogP contribution in [0.2, 0.25) is 0 Å². The molecular formula is C25H22BrN3O2S2. The predicted molar refractivity (Wildman–Crippen MR) is 142 cm³/mol. The fourth-order valence-corrected chi connectivity index (χ4v) is 5.45. The van der Waals surface area contributed by atoms with Crippen molar-refractivity contribution in [1.82, 2.24) is 10.3 Å². The van der Waals surface area contributed by atoms with Gasteiger partial charge in [-0.2, -0.15) is 0 Å². The van der Waals surface area contributed by atoms with Gasteiger partial charge in [-0.3, -0.25) is 10.1 Å². The second-order valence-corrected chi connectivity index (χ2v) is 10.0. The van der Waals surface area contributed by atoms with Crippen LogP contribution in [0.25, 0.3) is 10.2 Å². The van der Waals surface area contributed by atoms with E-state index in [9.17, 15) is 4.79 Å². The largest absolute Gasteiger partial charge is 0.482 e. The third kappa shape index (κ3) is 6.16. The number of para-hydroxylation sites is 1. The zero-order valence-electron chi connectivity index (χ0n) is 18.1. The van der Waals surface area contributed by atoms with Gasteiger partial charge >= 0.3 is 0 Å². The average Bonchev–Trinajstić information content (AvgIpc) is 3.16. The number of rotatable bonds is 6. The van der Waals surface area contributed by atoms with Crippen LogP contribution in [-0.2, 0) is 11.2 Å². The lowest BCUT2D eigenvalue weighted by molar-refractivity contribution is -0.121. The Morgan fingerprint density at radius 1 is 1.12 bits per heavy atom. The second-order valence-electron chi connectivity index (χ2n) is 7.63. The molecule has 0 saturated heterocycles. The molecule has 4 rings (SSSR count). The Labute approximate surface area is 210 Å². The summed E-state index contributed by atoms with van der Waals surface area (Å²) in [5.41, 5.74) is 5.06. The molecule has 2 N–H and O–H groups in total. The standard InChI is InChI=1S/C25H22BrN3O2S2/c1-15-11-16(2)24(19(26)12-15)31-14-22(30)29-25(32)27-18-9-7-17(8-10-18)13-23-28-20-5-3-4-6-21(20)33-23/h3-12H,13-14H2,1-2H3,(H2,27,29,30,32). The van der Waals surface area contributed by atoms with E-state index in [1.807, 2.05) is 68.4 Å². The number of anilines is 1. The van der Waals surface area contributed by atoms with Crippen molar-refractivity contribution >= 4 is 66.4 Å². The topological polar surface area (TPSA) is 63.2 Å². The molecule has 0 spiro atoms. The van der Waals surface area contributed by atoms with E-state index in [-0.39, 0.29) is 17.6 Å². The first-order valence-corrected chi connectivity index (χ1v) is 12.3. The molecule has 0 aliphatic carbocycles. The molecule has 0 saturated carbocycles. The predicted octanol–water partition coefficient (Wildman–Crippen LogP) is 6.16. The number of hydrogen-bond acceptors (Lipinski definition) is 5. The van der Waals surface area contributed by atoms with Crippen LogP contribution in [0.3, 0.4) is 0 Å². The number of hydrogen-bond donors (Lipinski definition) is 2. The van der Waals surface area contributed by atoms with Gasteiger partial charge in [0.05, 0.1) is 19.7 Å². The third-order valence-corrected chi connectivity index (χ3v) is 6.71. The van der Waals surface area contributed by atoms with Gasteiger partial charge in [-0.25, -0.2) is 4.98 Å². The van der Waals surface area contributed by atoms with Gasteiger partial charge in [0.25, 0.3) is 5.91 Å². The molecule has 168 valence electrons. The minimum Gasteiger partial charge on any atom is -0.482 e. The molecule has 0 radical (unpaired) electrons. The van der Waals surface area contributed by atoms with E-state index in [1.54, 1.807) is 11.3 Å². The highest BCUT2D eigenvalue weighted by atomic mass is 79.9. The van der Waals surface area contributed by atoms with Crippen LogP contribution in [-0.4, -0.2) is 22.6 Å². The molecule has 0 atom stereocenters. The van der Waals surface area contributed by atoms with Crippen LogP contribution < -0.4 is 15.4 Å². The zero-order chi connectivity index (χ0) is 23.4. The van der Waals surface area contributed by atoms with Gasteiger partial charge in [-0.15, -0.1) is 11.3 Å². The number of fused-ring (bicyclic) bond motifs is 1. The summed E-state index contributed by atoms with van der Waals surface area (Å²) in [4.78, 5) is 16.9. The maximum absolute atomic E-state index is 12.3. The highest BCUT2D eigenvalue weighted by molar-refractivity contribution is 9.10. The lowest BCUT2D eigenvalue weighted by atomic mass is 10.1. The molecule has 5 nitrogen and oxygen atoms in total. The van der Waals surface area contributed by atoms with Crippen molar-refractivity contribution in [3.63, 3.8) is 0 Å². The van der Waals surface area contributed by atoms with Gasteiger partial charge in [0, 0.05) is 12.1 Å². The third-order valence-electron chi connectivity index (χ3n) is 4.88. The number of carbonyl (C=O) groups is 1. The van der Waals surface area contributed by atoms with E-state index >= 15 is 0 Å². The maximum Gasteiger partial charge on any atom is 0.264 e. The normalized spacial score (nSPS) is 10.8. The minimum atomic E-state index is -0.327. The average molecular weight is 541 g/mol. The number of ether oxygens (including phenoxy) is 1. The van der Waals surface area contributed by atoms with Gasteiger partial charge in [-0.05, 0) is 89.0 Å². The molecule has 8 heteroatoms. The number of nitrogens with one attached hydrogen (secondary N) is 2. The maximum atomic E-state index is 12.3. The lowest BCUT2D eigenvalue weighted by Gasteiger charge is -2.13. The number of benzene rings is 3. The van der Waals surface area contributed by atoms with E-state index in [2.05, 4.69) is 37.6 Å². The van der Waals surface area contributed by atoms with Gasteiger partial charge < -0.3 is 10.1 Å². The number of aromatic nitrogens is 1. The zero-order valence-corrected chi connectivity index (χ0v) is 21.4. The van der Waals surface area contributed by atoms with Crippen molar-refractivity contribution < 1.29 is 9.53 Å². The molecule has 0 aliphatic heterocycles. The number of amides is 1. The van der Waals surface area contributed by atoms with E-state index in [1.165, 1.54) is 4.70 Å². The van der Waals surface area contributed by atoms with Crippen LogP contribution in [0.15, 0.2) is 65.1 Å². The van der Waals surface area contributed by atoms with Crippen molar-refractivity contribution in [2.75, 3.05) is 11.9 Å². The lowest BCUT2D eigenvalue weighted by Crippen LogP contribution is -2.37. The smallest absolute Gasteiger partial charge is 0.264 e. The van der Waals surface area contributed by atoms with Crippen LogP contribution in [0.1, 0.15) is 21.7 Å². The molecule has 33 heavy (non-hydrogen) atoms. The van der Waals surface area contributed by atoms with Crippen LogP contribution in [0, 0.1) is 13.8 Å². The first kappa shape index (κ1) is 23.4. The fraction of sp³-hybridized carbons (Fsp3) is 0.160. The monoisotopic (exact) mass is 539 g/mol. The van der Waals surface area contributed by atoms with Crippen molar-refractivity contribution in [3.05, 3.63) is 86.8 Å². The number of thiazole rings is 1. The number of nitrogens with zero attached hydrogens (tertiary/aromatic N) is 1. The Hall–Kier alpha value is -2.81. The molecule has 3 aromatic carbocycles. The van der Waals surface area contributed by atoms with E-state index in [4.69, 9.17) is 17.0 Å². The first-order valence-electron chi connectivity index (χ1n) is 10.3. The Bertz CT molecular complexity index is 1260. The van der Waals surface area contributed by atoms with Crippen LogP contribution in [0.5, 0.6) is 5.75 Å². The molecule has 0 unspecified atom stereocenters. The highest BCUT2D eigenvalue weighted by Crippen LogP contribution is 2.30. The molecule has 1 aromatic heterocycles. The highest BCUT2D eigenvalue weighted by Gasteiger charge is 2.11. The summed E-state index contributed by atoms with van der Waals surface area (Å²) in [6.07, 6.45) is 0.770. The Balaban J connectivity index is 1.28. The first-order chi connectivity index (χ1) is 15.9. The van der Waals surface area contributed by atoms with Crippen molar-refractivity contribution in [2.45, 2.75) is 20.3 Å². The molecule has 1 heterocycles. The van der Waals surface area contributed by atoms with Gasteiger partial charge in [-0.1, -0.05) is 30.3 Å². The molecule has 0 bridgehead atoms. The number of halogens is 1. The van der Waals surface area contributed by atoms with E-state index < -0.39 is 0 Å². The number of aryl methyl sites for hydroxylation is 2. The summed E-state index contributed by atoms with van der Waals surface area (Å²) in [7, 11) is 0. The number of carbonyl (C=O) groups excluding carboxylic acids is 1. The molecule has 1 amide bonds. The molecular weight excluding hydrogens is 518 g/mol. The van der Waals surface area contributed by atoms with Gasteiger partial charge in [0.1, 0.15) is 5.75 Å². The summed E-state index contributed by atoms with van der Waals surface area (Å²) in [5, 5.41) is 6.99. The van der Waals surface area contributed by atoms with Crippen LogP contribution >= 0.6 is 39.5 Å². The SMILES string of the molecule is Cc1cc(C)c(OCC(=O)NC(=S)Nc2ccc(Cc3nc4ccccc4s3)cc2)c(Br)c1. The number of thiocarbonyl (C=S) groups is 1. The summed E-state index contributed by atoms with van der Waals surface area (Å²) in [6, 6.07) is 20.0. The summed E-state index contributed by atoms with van der Waals surface area (Å²) in [6.45, 7) is 3.81. The molecule has 0 aliphatic rings.